The number of allylic oxidation sites excluding steroid dienone is 4. The Morgan fingerprint density at radius 3 is 0.983 bits per heavy atom. The van der Waals surface area contributed by atoms with Crippen LogP contribution in [0.1, 0.15) is 278 Å². The largest absolute Gasteiger partial charge is 0.462 e. The van der Waals surface area contributed by atoms with E-state index in [2.05, 4.69) is 45.1 Å². The van der Waals surface area contributed by atoms with Crippen LogP contribution in [0.25, 0.3) is 0 Å². The van der Waals surface area contributed by atoms with E-state index >= 15 is 0 Å². The zero-order chi connectivity index (χ0) is 43.0. The second-order valence-corrected chi connectivity index (χ2v) is 17.4. The van der Waals surface area contributed by atoms with Gasteiger partial charge in [-0.3, -0.25) is 14.4 Å². The van der Waals surface area contributed by atoms with Crippen LogP contribution in [0, 0.1) is 0 Å². The van der Waals surface area contributed by atoms with Crippen LogP contribution in [0.3, 0.4) is 0 Å². The molecule has 0 unspecified atom stereocenters. The molecule has 0 aromatic rings. The number of esters is 3. The van der Waals surface area contributed by atoms with Gasteiger partial charge < -0.3 is 14.2 Å². The number of hydrogen-bond donors (Lipinski definition) is 0. The van der Waals surface area contributed by atoms with Gasteiger partial charge in [0, 0.05) is 19.3 Å². The van der Waals surface area contributed by atoms with Crippen LogP contribution >= 0.6 is 0 Å². The van der Waals surface area contributed by atoms with E-state index in [4.69, 9.17) is 14.2 Å². The standard InChI is InChI=1S/C53H98O6/c1-4-7-10-13-16-19-22-25-28-31-34-37-40-43-46-52(55)58-49-50(48-57-51(54)45-42-39-36-33-30-27-24-21-18-15-12-9-6-3)59-53(56)47-44-41-38-35-32-29-26-23-20-17-14-11-8-5-2/h13,16,22,25,50H,4-12,14-15,17-21,23-24,26-49H2,1-3H3/b16-13+,25-22+/t50-/m1/s1. The summed E-state index contributed by atoms with van der Waals surface area (Å²) in [6.07, 6.45) is 54.4. The van der Waals surface area contributed by atoms with Crippen molar-refractivity contribution in [2.24, 2.45) is 0 Å². The van der Waals surface area contributed by atoms with Crippen molar-refractivity contribution in [3.63, 3.8) is 0 Å². The molecule has 1 atom stereocenters. The predicted octanol–water partition coefficient (Wildman–Crippen LogP) is 16.8. The van der Waals surface area contributed by atoms with E-state index in [1.807, 2.05) is 0 Å². The third kappa shape index (κ3) is 46.8. The molecule has 59 heavy (non-hydrogen) atoms. The molecule has 6 heteroatoms. The fourth-order valence-corrected chi connectivity index (χ4v) is 7.52. The van der Waals surface area contributed by atoms with Gasteiger partial charge in [0.25, 0.3) is 0 Å². The maximum absolute atomic E-state index is 12.8. The highest BCUT2D eigenvalue weighted by Gasteiger charge is 2.19. The van der Waals surface area contributed by atoms with Gasteiger partial charge in [0.1, 0.15) is 13.2 Å². The lowest BCUT2D eigenvalue weighted by Gasteiger charge is -2.18. The van der Waals surface area contributed by atoms with E-state index in [9.17, 15) is 14.4 Å². The topological polar surface area (TPSA) is 78.9 Å². The number of unbranched alkanes of at least 4 members (excludes halogenated alkanes) is 32. The van der Waals surface area contributed by atoms with Gasteiger partial charge in [0.2, 0.25) is 0 Å². The third-order valence-corrected chi connectivity index (χ3v) is 11.5. The van der Waals surface area contributed by atoms with Crippen molar-refractivity contribution in [3.05, 3.63) is 24.3 Å². The Bertz CT molecular complexity index is 958. The molecule has 0 aliphatic rings. The van der Waals surface area contributed by atoms with Gasteiger partial charge in [0.15, 0.2) is 6.10 Å². The Hall–Kier alpha value is -2.11. The lowest BCUT2D eigenvalue weighted by molar-refractivity contribution is -0.167. The molecule has 0 aliphatic carbocycles. The predicted molar refractivity (Wildman–Crippen MR) is 252 cm³/mol. The minimum absolute atomic E-state index is 0.0708. The van der Waals surface area contributed by atoms with E-state index in [0.717, 1.165) is 77.0 Å². The van der Waals surface area contributed by atoms with Crippen molar-refractivity contribution in [3.8, 4) is 0 Å². The molecule has 0 fully saturated rings. The summed E-state index contributed by atoms with van der Waals surface area (Å²) in [5, 5.41) is 0. The van der Waals surface area contributed by atoms with Crippen LogP contribution in [0.15, 0.2) is 24.3 Å². The Balaban J connectivity index is 4.36. The van der Waals surface area contributed by atoms with Gasteiger partial charge in [-0.2, -0.15) is 0 Å². The highest BCUT2D eigenvalue weighted by molar-refractivity contribution is 5.71. The van der Waals surface area contributed by atoms with Gasteiger partial charge in [-0.15, -0.1) is 0 Å². The normalized spacial score (nSPS) is 12.1. The molecule has 0 amide bonds. The fourth-order valence-electron chi connectivity index (χ4n) is 7.52. The van der Waals surface area contributed by atoms with E-state index in [0.29, 0.717) is 19.3 Å². The number of hydrogen-bond acceptors (Lipinski definition) is 6. The van der Waals surface area contributed by atoms with Gasteiger partial charge in [-0.1, -0.05) is 238 Å². The first-order valence-electron chi connectivity index (χ1n) is 25.8. The Morgan fingerprint density at radius 2 is 0.627 bits per heavy atom. The minimum Gasteiger partial charge on any atom is -0.462 e. The minimum atomic E-state index is -0.770. The van der Waals surface area contributed by atoms with Gasteiger partial charge in [-0.05, 0) is 44.9 Å². The summed E-state index contributed by atoms with van der Waals surface area (Å²) >= 11 is 0. The van der Waals surface area contributed by atoms with Crippen LogP contribution in [-0.4, -0.2) is 37.2 Å². The van der Waals surface area contributed by atoms with Gasteiger partial charge in [0.05, 0.1) is 0 Å². The first-order chi connectivity index (χ1) is 29.0. The van der Waals surface area contributed by atoms with Crippen LogP contribution in [0.2, 0.25) is 0 Å². The summed E-state index contributed by atoms with van der Waals surface area (Å²) in [5.74, 6) is -0.871. The molecule has 0 heterocycles. The van der Waals surface area contributed by atoms with Gasteiger partial charge >= 0.3 is 17.9 Å². The maximum atomic E-state index is 12.8. The monoisotopic (exact) mass is 831 g/mol. The Labute approximate surface area is 366 Å². The lowest BCUT2D eigenvalue weighted by atomic mass is 10.0. The number of ether oxygens (including phenoxy) is 3. The molecule has 0 saturated heterocycles. The van der Waals surface area contributed by atoms with E-state index < -0.39 is 6.10 Å². The summed E-state index contributed by atoms with van der Waals surface area (Å²) in [7, 11) is 0. The average molecular weight is 831 g/mol. The van der Waals surface area contributed by atoms with E-state index in [1.54, 1.807) is 0 Å². The van der Waals surface area contributed by atoms with Crippen LogP contribution in [-0.2, 0) is 28.6 Å². The summed E-state index contributed by atoms with van der Waals surface area (Å²) < 4.78 is 16.8. The second-order valence-electron chi connectivity index (χ2n) is 17.4. The zero-order valence-corrected chi connectivity index (χ0v) is 39.5. The average Bonchev–Trinajstić information content (AvgIpc) is 3.23. The van der Waals surface area contributed by atoms with Crippen LogP contribution in [0.4, 0.5) is 0 Å². The van der Waals surface area contributed by atoms with Crippen molar-refractivity contribution in [2.45, 2.75) is 284 Å². The Kier molecular flexibility index (Phi) is 46.8. The zero-order valence-electron chi connectivity index (χ0n) is 39.5. The summed E-state index contributed by atoms with van der Waals surface area (Å²) in [5.41, 5.74) is 0. The van der Waals surface area contributed by atoms with E-state index in [1.165, 1.54) is 161 Å². The van der Waals surface area contributed by atoms with Crippen LogP contribution < -0.4 is 0 Å². The molecule has 0 aromatic heterocycles. The van der Waals surface area contributed by atoms with Crippen molar-refractivity contribution in [1.29, 1.82) is 0 Å². The SMILES string of the molecule is CCCC/C=C/C/C=C/CCCCCCCC(=O)OC[C@@H](COC(=O)CCCCCCCCCCCCCCC)OC(=O)CCCCCCCCCCCCCCCC. The van der Waals surface area contributed by atoms with Crippen molar-refractivity contribution < 1.29 is 28.6 Å². The molecule has 6 nitrogen and oxygen atoms in total. The summed E-state index contributed by atoms with van der Waals surface area (Å²) in [4.78, 5) is 37.9. The maximum Gasteiger partial charge on any atom is 0.306 e. The quantitative estimate of drug-likeness (QED) is 0.0263. The highest BCUT2D eigenvalue weighted by atomic mass is 16.6. The Morgan fingerprint density at radius 1 is 0.339 bits per heavy atom. The molecule has 0 N–H and O–H groups in total. The number of carbonyl (C=O) groups excluding carboxylic acids is 3. The molecule has 0 saturated carbocycles. The third-order valence-electron chi connectivity index (χ3n) is 11.5. The fraction of sp³-hybridized carbons (Fsp3) is 0.868. The summed E-state index contributed by atoms with van der Waals surface area (Å²) in [6, 6.07) is 0. The molecule has 0 radical (unpaired) electrons. The van der Waals surface area contributed by atoms with Gasteiger partial charge in [-0.25, -0.2) is 0 Å². The molecule has 0 spiro atoms. The van der Waals surface area contributed by atoms with Crippen molar-refractivity contribution in [2.75, 3.05) is 13.2 Å². The highest BCUT2D eigenvalue weighted by Crippen LogP contribution is 2.16. The molecular weight excluding hydrogens is 733 g/mol. The van der Waals surface area contributed by atoms with Crippen molar-refractivity contribution in [1.82, 2.24) is 0 Å². The summed E-state index contributed by atoms with van der Waals surface area (Å²) in [6.45, 7) is 6.61. The molecule has 0 aliphatic heterocycles. The van der Waals surface area contributed by atoms with E-state index in [-0.39, 0.29) is 31.1 Å². The second kappa shape index (κ2) is 48.6. The molecule has 346 valence electrons. The molecule has 0 rings (SSSR count). The molecular formula is C53H98O6. The smallest absolute Gasteiger partial charge is 0.306 e. The first kappa shape index (κ1) is 56.9. The molecule has 0 aromatic carbocycles. The number of rotatable bonds is 47. The van der Waals surface area contributed by atoms with Crippen molar-refractivity contribution >= 4 is 17.9 Å². The molecule has 0 bridgehead atoms. The first-order valence-corrected chi connectivity index (χ1v) is 25.8. The van der Waals surface area contributed by atoms with Crippen LogP contribution in [0.5, 0.6) is 0 Å². The lowest BCUT2D eigenvalue weighted by Crippen LogP contribution is -2.30. The number of carbonyl (C=O) groups is 3.